The number of nitrogens with zero attached hydrogens (tertiary/aromatic N) is 2. The van der Waals surface area contributed by atoms with Crippen molar-refractivity contribution in [2.75, 3.05) is 11.1 Å². The number of amides is 2. The van der Waals surface area contributed by atoms with Crippen molar-refractivity contribution in [3.63, 3.8) is 0 Å². The fourth-order valence-electron chi connectivity index (χ4n) is 3.66. The van der Waals surface area contributed by atoms with Crippen LogP contribution < -0.4 is 10.6 Å². The van der Waals surface area contributed by atoms with Crippen LogP contribution in [0.3, 0.4) is 0 Å². The quantitative estimate of drug-likeness (QED) is 0.443. The van der Waals surface area contributed by atoms with E-state index in [1.54, 1.807) is 0 Å². The topological polar surface area (TPSA) is 97.1 Å². The molecule has 1 aliphatic rings. The number of carbonyl (C=O) groups is 2. The Morgan fingerprint density at radius 1 is 1.16 bits per heavy atom. The highest BCUT2D eigenvalue weighted by Crippen LogP contribution is 2.38. The fraction of sp³-hybridized carbons (Fsp3) is 0.391. The maximum atomic E-state index is 13.1. The van der Waals surface area contributed by atoms with Crippen molar-refractivity contribution in [1.82, 2.24) is 15.5 Å². The lowest BCUT2D eigenvalue weighted by molar-refractivity contribution is -0.113. The van der Waals surface area contributed by atoms with E-state index in [1.807, 2.05) is 37.3 Å². The third kappa shape index (κ3) is 5.58. The maximum Gasteiger partial charge on any atom is 0.277 e. The number of anilines is 1. The first kappa shape index (κ1) is 22.5. The van der Waals surface area contributed by atoms with E-state index in [-0.39, 0.29) is 17.6 Å². The maximum absolute atomic E-state index is 13.1. The van der Waals surface area contributed by atoms with Crippen LogP contribution >= 0.6 is 23.1 Å². The van der Waals surface area contributed by atoms with Gasteiger partial charge in [-0.3, -0.25) is 9.59 Å². The van der Waals surface area contributed by atoms with Gasteiger partial charge in [0.2, 0.25) is 11.8 Å². The number of thiophene rings is 1. The Bertz CT molecular complexity index is 1080. The Labute approximate surface area is 195 Å². The molecule has 32 heavy (non-hydrogen) atoms. The summed E-state index contributed by atoms with van der Waals surface area (Å²) in [5, 5.41) is 14.9. The van der Waals surface area contributed by atoms with Crippen LogP contribution in [-0.4, -0.2) is 27.8 Å². The van der Waals surface area contributed by atoms with Crippen molar-refractivity contribution in [3.05, 3.63) is 57.8 Å². The third-order valence-corrected chi connectivity index (χ3v) is 7.21. The van der Waals surface area contributed by atoms with E-state index in [0.717, 1.165) is 49.7 Å². The third-order valence-electron chi connectivity index (χ3n) is 5.19. The molecule has 0 bridgehead atoms. The van der Waals surface area contributed by atoms with Gasteiger partial charge in [0.05, 0.1) is 11.3 Å². The molecule has 3 aromatic rings. The molecule has 0 aliphatic heterocycles. The molecule has 2 heterocycles. The Hall–Kier alpha value is -2.65. The number of hydrogen-bond donors (Lipinski definition) is 2. The molecule has 0 saturated carbocycles. The number of hydrogen-bond acceptors (Lipinski definition) is 7. The first-order valence-corrected chi connectivity index (χ1v) is 12.7. The Balaban J connectivity index is 1.43. The van der Waals surface area contributed by atoms with Gasteiger partial charge >= 0.3 is 0 Å². The van der Waals surface area contributed by atoms with Gasteiger partial charge in [-0.1, -0.05) is 49.0 Å². The highest BCUT2D eigenvalue weighted by molar-refractivity contribution is 7.99. The number of thioether (sulfide) groups is 1. The van der Waals surface area contributed by atoms with E-state index in [9.17, 15) is 9.59 Å². The molecule has 1 aliphatic carbocycles. The molecule has 2 aromatic heterocycles. The molecule has 0 unspecified atom stereocenters. The van der Waals surface area contributed by atoms with Crippen molar-refractivity contribution in [2.24, 2.45) is 0 Å². The number of carbonyl (C=O) groups excluding carboxylic acids is 2. The predicted octanol–water partition coefficient (Wildman–Crippen LogP) is 4.62. The lowest BCUT2D eigenvalue weighted by Gasteiger charge is -2.13. The van der Waals surface area contributed by atoms with Crippen LogP contribution in [-0.2, 0) is 30.6 Å². The van der Waals surface area contributed by atoms with Crippen molar-refractivity contribution in [2.45, 2.75) is 57.2 Å². The van der Waals surface area contributed by atoms with Gasteiger partial charge in [-0.15, -0.1) is 21.5 Å². The van der Waals surface area contributed by atoms with Gasteiger partial charge in [-0.05, 0) is 43.2 Å². The summed E-state index contributed by atoms with van der Waals surface area (Å²) in [7, 11) is 0. The lowest BCUT2D eigenvalue weighted by atomic mass is 9.95. The van der Waals surface area contributed by atoms with E-state index in [1.165, 1.54) is 28.0 Å². The summed E-state index contributed by atoms with van der Waals surface area (Å²) >= 11 is 2.72. The molecule has 168 valence electrons. The fourth-order valence-corrected chi connectivity index (χ4v) is 5.55. The minimum Gasteiger partial charge on any atom is -0.416 e. The smallest absolute Gasteiger partial charge is 0.277 e. The lowest BCUT2D eigenvalue weighted by Crippen LogP contribution is -2.25. The summed E-state index contributed by atoms with van der Waals surface area (Å²) in [6, 6.07) is 9.81. The molecular weight excluding hydrogens is 444 g/mol. The predicted molar refractivity (Wildman–Crippen MR) is 126 cm³/mol. The summed E-state index contributed by atoms with van der Waals surface area (Å²) in [5.74, 6) is 0.387. The van der Waals surface area contributed by atoms with Crippen molar-refractivity contribution in [1.29, 1.82) is 0 Å². The largest absolute Gasteiger partial charge is 0.416 e. The first-order valence-electron chi connectivity index (χ1n) is 10.9. The average Bonchev–Trinajstić information content (AvgIpc) is 3.41. The highest BCUT2D eigenvalue weighted by Gasteiger charge is 2.26. The molecule has 0 spiro atoms. The minimum absolute atomic E-state index is 0.140. The van der Waals surface area contributed by atoms with Gasteiger partial charge in [0.15, 0.2) is 0 Å². The monoisotopic (exact) mass is 470 g/mol. The van der Waals surface area contributed by atoms with Gasteiger partial charge in [0, 0.05) is 17.8 Å². The Morgan fingerprint density at radius 3 is 2.78 bits per heavy atom. The van der Waals surface area contributed by atoms with Crippen LogP contribution in [0.5, 0.6) is 0 Å². The SMILES string of the molecule is CCCc1nnc(SCC(=O)Nc2sc3c(c2C(=O)NCc2ccccc2)CCCC3)o1. The number of nitrogens with one attached hydrogen (secondary N) is 2. The van der Waals surface area contributed by atoms with E-state index in [4.69, 9.17) is 4.42 Å². The van der Waals surface area contributed by atoms with Crippen LogP contribution in [0.15, 0.2) is 40.0 Å². The van der Waals surface area contributed by atoms with E-state index in [0.29, 0.717) is 28.2 Å². The molecule has 1 aromatic carbocycles. The number of fused-ring (bicyclic) bond motifs is 1. The zero-order valence-corrected chi connectivity index (χ0v) is 19.6. The van der Waals surface area contributed by atoms with Crippen LogP contribution in [0.25, 0.3) is 0 Å². The van der Waals surface area contributed by atoms with Gasteiger partial charge in [-0.2, -0.15) is 0 Å². The summed E-state index contributed by atoms with van der Waals surface area (Å²) in [5.41, 5.74) is 2.73. The number of rotatable bonds is 9. The minimum atomic E-state index is -0.194. The standard InChI is InChI=1S/C23H26N4O3S2/c1-2-8-19-26-27-23(30-19)31-14-18(28)25-22-20(16-11-6-7-12-17(16)32-22)21(29)24-13-15-9-4-3-5-10-15/h3-5,9-10H,2,6-8,11-14H2,1H3,(H,24,29)(H,25,28). The summed E-state index contributed by atoms with van der Waals surface area (Å²) < 4.78 is 5.53. The number of aromatic nitrogens is 2. The molecule has 0 fully saturated rings. The molecule has 0 radical (unpaired) electrons. The Morgan fingerprint density at radius 2 is 1.97 bits per heavy atom. The van der Waals surface area contributed by atoms with E-state index in [2.05, 4.69) is 20.8 Å². The molecule has 0 atom stereocenters. The van der Waals surface area contributed by atoms with Crippen molar-refractivity contribution >= 4 is 39.9 Å². The molecule has 7 nitrogen and oxygen atoms in total. The van der Waals surface area contributed by atoms with Crippen LogP contribution in [0.4, 0.5) is 5.00 Å². The molecule has 2 amide bonds. The molecule has 9 heteroatoms. The second-order valence-corrected chi connectivity index (χ2v) is 9.66. The van der Waals surface area contributed by atoms with Crippen molar-refractivity contribution < 1.29 is 14.0 Å². The molecule has 0 saturated heterocycles. The van der Waals surface area contributed by atoms with Crippen LogP contribution in [0.2, 0.25) is 0 Å². The van der Waals surface area contributed by atoms with Gasteiger partial charge in [0.1, 0.15) is 5.00 Å². The molecule has 2 N–H and O–H groups in total. The van der Waals surface area contributed by atoms with Gasteiger partial charge in [-0.25, -0.2) is 0 Å². The molecule has 4 rings (SSSR count). The van der Waals surface area contributed by atoms with Crippen LogP contribution in [0.1, 0.15) is 58.4 Å². The van der Waals surface area contributed by atoms with Gasteiger partial charge < -0.3 is 15.1 Å². The normalized spacial score (nSPS) is 12.9. The second kappa shape index (κ2) is 10.8. The number of aryl methyl sites for hydroxylation is 2. The highest BCUT2D eigenvalue weighted by atomic mass is 32.2. The Kier molecular flexibility index (Phi) is 7.59. The van der Waals surface area contributed by atoms with E-state index >= 15 is 0 Å². The molecular formula is C23H26N4O3S2. The van der Waals surface area contributed by atoms with Crippen molar-refractivity contribution in [3.8, 4) is 0 Å². The average molecular weight is 471 g/mol. The zero-order valence-electron chi connectivity index (χ0n) is 18.0. The summed E-state index contributed by atoms with van der Waals surface area (Å²) in [4.78, 5) is 26.9. The summed E-state index contributed by atoms with van der Waals surface area (Å²) in [6.45, 7) is 2.49. The summed E-state index contributed by atoms with van der Waals surface area (Å²) in [6.07, 6.45) is 5.63. The zero-order chi connectivity index (χ0) is 22.3. The number of benzene rings is 1. The first-order chi connectivity index (χ1) is 15.6. The van der Waals surface area contributed by atoms with Gasteiger partial charge in [0.25, 0.3) is 11.1 Å². The van der Waals surface area contributed by atoms with E-state index < -0.39 is 0 Å². The van der Waals surface area contributed by atoms with Crippen LogP contribution in [0, 0.1) is 0 Å². The second-order valence-electron chi connectivity index (χ2n) is 7.63.